The summed E-state index contributed by atoms with van der Waals surface area (Å²) in [5, 5.41) is 3.29. The Kier molecular flexibility index (Phi) is 5.62. The van der Waals surface area contributed by atoms with Crippen LogP contribution in [0.25, 0.3) is 0 Å². The highest BCUT2D eigenvalue weighted by atomic mass is 19.1. The van der Waals surface area contributed by atoms with Crippen LogP contribution < -0.4 is 5.32 Å². The van der Waals surface area contributed by atoms with Crippen LogP contribution in [0, 0.1) is 18.3 Å². The molecule has 99 valence electrons. The van der Waals surface area contributed by atoms with Gasteiger partial charge in [0.1, 0.15) is 5.82 Å². The number of halogens is 1. The second kappa shape index (κ2) is 7.49. The van der Waals surface area contributed by atoms with Gasteiger partial charge in [-0.3, -0.25) is 0 Å². The second-order valence-electron chi connectivity index (χ2n) is 4.80. The minimum atomic E-state index is -0.171. The van der Waals surface area contributed by atoms with E-state index in [4.69, 9.17) is 4.74 Å². The smallest absolute Gasteiger partial charge is 0.123 e. The van der Waals surface area contributed by atoms with Gasteiger partial charge >= 0.3 is 0 Å². The highest BCUT2D eigenvalue weighted by Crippen LogP contribution is 2.16. The van der Waals surface area contributed by atoms with Crippen LogP contribution in [0.4, 0.5) is 4.39 Å². The average Bonchev–Trinajstić information content (AvgIpc) is 2.40. The Morgan fingerprint density at radius 3 is 3.06 bits per heavy atom. The summed E-state index contributed by atoms with van der Waals surface area (Å²) in [7, 11) is 0. The van der Waals surface area contributed by atoms with Crippen molar-refractivity contribution in [2.75, 3.05) is 19.8 Å². The number of hydrogen-bond acceptors (Lipinski definition) is 2. The SMILES string of the molecule is Fc1cccc(CCOCCC2[CH]NCCC2)c1. The van der Waals surface area contributed by atoms with Crippen LogP contribution in [-0.2, 0) is 11.2 Å². The summed E-state index contributed by atoms with van der Waals surface area (Å²) in [5.74, 6) is 0.475. The van der Waals surface area contributed by atoms with E-state index in [9.17, 15) is 4.39 Å². The molecule has 18 heavy (non-hydrogen) atoms. The molecular weight excluding hydrogens is 229 g/mol. The molecular formula is C15H21FNO. The molecule has 1 aromatic carbocycles. The van der Waals surface area contributed by atoms with Crippen molar-refractivity contribution in [1.29, 1.82) is 0 Å². The van der Waals surface area contributed by atoms with E-state index in [2.05, 4.69) is 11.9 Å². The summed E-state index contributed by atoms with van der Waals surface area (Å²) in [6.45, 7) is 4.76. The van der Waals surface area contributed by atoms with Gasteiger partial charge in [-0.15, -0.1) is 0 Å². The summed E-state index contributed by atoms with van der Waals surface area (Å²) in [4.78, 5) is 0. The van der Waals surface area contributed by atoms with Gasteiger partial charge in [0.15, 0.2) is 0 Å². The summed E-state index contributed by atoms with van der Waals surface area (Å²) in [6, 6.07) is 6.72. The van der Waals surface area contributed by atoms with Crippen LogP contribution in [0.5, 0.6) is 0 Å². The molecule has 0 amide bonds. The normalized spacial score (nSPS) is 19.9. The zero-order valence-corrected chi connectivity index (χ0v) is 10.7. The van der Waals surface area contributed by atoms with Crippen LogP contribution in [0.15, 0.2) is 24.3 Å². The Morgan fingerprint density at radius 2 is 2.28 bits per heavy atom. The largest absolute Gasteiger partial charge is 0.381 e. The van der Waals surface area contributed by atoms with Crippen LogP contribution in [-0.4, -0.2) is 19.8 Å². The number of nitrogens with one attached hydrogen (secondary N) is 1. The van der Waals surface area contributed by atoms with Crippen molar-refractivity contribution >= 4 is 0 Å². The van der Waals surface area contributed by atoms with E-state index in [1.807, 2.05) is 6.07 Å². The summed E-state index contributed by atoms with van der Waals surface area (Å²) < 4.78 is 18.5. The lowest BCUT2D eigenvalue weighted by molar-refractivity contribution is 0.122. The Bertz CT molecular complexity index is 350. The lowest BCUT2D eigenvalue weighted by atomic mass is 9.97. The first kappa shape index (κ1) is 13.5. The van der Waals surface area contributed by atoms with Crippen molar-refractivity contribution in [3.8, 4) is 0 Å². The van der Waals surface area contributed by atoms with Crippen LogP contribution in [0.3, 0.4) is 0 Å². The van der Waals surface area contributed by atoms with E-state index < -0.39 is 0 Å². The first-order chi connectivity index (χ1) is 8.84. The van der Waals surface area contributed by atoms with Gasteiger partial charge in [-0.1, -0.05) is 12.1 Å². The minimum absolute atomic E-state index is 0.171. The quantitative estimate of drug-likeness (QED) is 0.784. The molecule has 1 heterocycles. The third kappa shape index (κ3) is 4.75. The summed E-state index contributed by atoms with van der Waals surface area (Å²) in [6.07, 6.45) is 4.38. The molecule has 1 fully saturated rings. The molecule has 1 aliphatic rings. The van der Waals surface area contributed by atoms with Crippen molar-refractivity contribution in [2.24, 2.45) is 5.92 Å². The number of hydrogen-bond donors (Lipinski definition) is 1. The fraction of sp³-hybridized carbons (Fsp3) is 0.533. The van der Waals surface area contributed by atoms with E-state index >= 15 is 0 Å². The first-order valence-electron chi connectivity index (χ1n) is 6.73. The van der Waals surface area contributed by atoms with Crippen molar-refractivity contribution in [3.05, 3.63) is 42.2 Å². The van der Waals surface area contributed by atoms with Crippen molar-refractivity contribution in [2.45, 2.75) is 25.7 Å². The van der Waals surface area contributed by atoms with Gasteiger partial charge in [0.05, 0.1) is 6.61 Å². The molecule has 1 radical (unpaired) electrons. The van der Waals surface area contributed by atoms with Gasteiger partial charge in [-0.2, -0.15) is 0 Å². The van der Waals surface area contributed by atoms with E-state index in [1.165, 1.54) is 18.9 Å². The minimum Gasteiger partial charge on any atom is -0.381 e. The molecule has 0 aromatic heterocycles. The molecule has 1 aromatic rings. The molecule has 1 atom stereocenters. The van der Waals surface area contributed by atoms with Gasteiger partial charge in [0.25, 0.3) is 0 Å². The maximum Gasteiger partial charge on any atom is 0.123 e. The maximum absolute atomic E-state index is 12.9. The Balaban J connectivity index is 1.55. The number of piperidine rings is 1. The van der Waals surface area contributed by atoms with E-state index in [1.54, 1.807) is 12.1 Å². The molecule has 0 bridgehead atoms. The third-order valence-corrected chi connectivity index (χ3v) is 3.31. The molecule has 0 spiro atoms. The molecule has 3 heteroatoms. The van der Waals surface area contributed by atoms with Crippen LogP contribution >= 0.6 is 0 Å². The lowest BCUT2D eigenvalue weighted by Gasteiger charge is -2.21. The lowest BCUT2D eigenvalue weighted by Crippen LogP contribution is -2.25. The second-order valence-corrected chi connectivity index (χ2v) is 4.80. The van der Waals surface area contributed by atoms with Gasteiger partial charge in [0.2, 0.25) is 0 Å². The zero-order valence-electron chi connectivity index (χ0n) is 10.7. The van der Waals surface area contributed by atoms with Gasteiger partial charge in [-0.05, 0) is 55.8 Å². The topological polar surface area (TPSA) is 21.3 Å². The Labute approximate surface area is 109 Å². The average molecular weight is 250 g/mol. The first-order valence-corrected chi connectivity index (χ1v) is 6.73. The highest BCUT2D eigenvalue weighted by molar-refractivity contribution is 5.16. The highest BCUT2D eigenvalue weighted by Gasteiger charge is 2.12. The molecule has 0 aliphatic carbocycles. The monoisotopic (exact) mass is 250 g/mol. The maximum atomic E-state index is 12.9. The predicted octanol–water partition coefficient (Wildman–Crippen LogP) is 2.94. The molecule has 1 aliphatic heterocycles. The van der Waals surface area contributed by atoms with Crippen LogP contribution in [0.2, 0.25) is 0 Å². The van der Waals surface area contributed by atoms with Crippen molar-refractivity contribution in [3.63, 3.8) is 0 Å². The van der Waals surface area contributed by atoms with Crippen LogP contribution in [0.1, 0.15) is 24.8 Å². The summed E-state index contributed by atoms with van der Waals surface area (Å²) in [5.41, 5.74) is 1.00. The van der Waals surface area contributed by atoms with Crippen molar-refractivity contribution < 1.29 is 9.13 Å². The van der Waals surface area contributed by atoms with Gasteiger partial charge < -0.3 is 10.1 Å². The van der Waals surface area contributed by atoms with Gasteiger partial charge in [0, 0.05) is 13.2 Å². The number of benzene rings is 1. The van der Waals surface area contributed by atoms with E-state index in [-0.39, 0.29) is 5.82 Å². The Hall–Kier alpha value is -0.930. The fourth-order valence-corrected chi connectivity index (χ4v) is 2.25. The van der Waals surface area contributed by atoms with E-state index in [0.29, 0.717) is 12.5 Å². The summed E-state index contributed by atoms with van der Waals surface area (Å²) >= 11 is 0. The molecule has 1 N–H and O–H groups in total. The van der Waals surface area contributed by atoms with E-state index in [0.717, 1.165) is 31.6 Å². The molecule has 2 nitrogen and oxygen atoms in total. The Morgan fingerprint density at radius 1 is 1.33 bits per heavy atom. The molecule has 1 unspecified atom stereocenters. The number of ether oxygens (including phenoxy) is 1. The fourth-order valence-electron chi connectivity index (χ4n) is 2.25. The number of rotatable bonds is 6. The molecule has 1 saturated heterocycles. The predicted molar refractivity (Wildman–Crippen MR) is 70.6 cm³/mol. The molecule has 0 saturated carbocycles. The van der Waals surface area contributed by atoms with Gasteiger partial charge in [-0.25, -0.2) is 4.39 Å². The molecule has 2 rings (SSSR count). The third-order valence-electron chi connectivity index (χ3n) is 3.31. The van der Waals surface area contributed by atoms with Crippen molar-refractivity contribution in [1.82, 2.24) is 5.32 Å². The standard InChI is InChI=1S/C15H21FNO/c16-15-5-1-3-13(11-15)6-9-18-10-7-14-4-2-8-17-12-14/h1,3,5,11-12,14,17H,2,4,6-10H2. The zero-order chi connectivity index (χ0) is 12.6.